The predicted octanol–water partition coefficient (Wildman–Crippen LogP) is 3.19. The Labute approximate surface area is 143 Å². The first kappa shape index (κ1) is 15.4. The van der Waals surface area contributed by atoms with Crippen molar-refractivity contribution >= 4 is 5.97 Å². The average molecular weight is 340 g/mol. The van der Waals surface area contributed by atoms with E-state index < -0.39 is 0 Å². The van der Waals surface area contributed by atoms with Crippen molar-refractivity contribution < 1.29 is 23.2 Å². The van der Waals surface area contributed by atoms with Crippen LogP contribution in [0.4, 0.5) is 0 Å². The molecule has 1 aliphatic carbocycles. The van der Waals surface area contributed by atoms with E-state index in [2.05, 4.69) is 10.1 Å². The number of ether oxygens (including phenoxy) is 2. The zero-order valence-corrected chi connectivity index (χ0v) is 13.5. The summed E-state index contributed by atoms with van der Waals surface area (Å²) in [6.45, 7) is -0.0140. The van der Waals surface area contributed by atoms with Crippen molar-refractivity contribution in [3.63, 3.8) is 0 Å². The Balaban J connectivity index is 1.33. The van der Waals surface area contributed by atoms with E-state index in [-0.39, 0.29) is 24.4 Å². The minimum absolute atomic E-state index is 0.0140. The number of hydrogen-bond acceptors (Lipinski definition) is 7. The Morgan fingerprint density at radius 1 is 1.28 bits per heavy atom. The summed E-state index contributed by atoms with van der Waals surface area (Å²) < 4.78 is 20.9. The highest BCUT2D eigenvalue weighted by Crippen LogP contribution is 2.48. The van der Waals surface area contributed by atoms with Gasteiger partial charge in [-0.05, 0) is 42.8 Å². The molecule has 3 aromatic rings. The van der Waals surface area contributed by atoms with E-state index in [1.807, 2.05) is 24.3 Å². The SMILES string of the molecule is COc1ccc(-c2nc(COC(=O)[C@H]3C[C@H]3c3ccco3)no2)cc1. The Kier molecular flexibility index (Phi) is 3.97. The molecule has 0 radical (unpaired) electrons. The van der Waals surface area contributed by atoms with Crippen molar-refractivity contribution in [2.75, 3.05) is 7.11 Å². The third kappa shape index (κ3) is 3.26. The Morgan fingerprint density at radius 2 is 2.12 bits per heavy atom. The second-order valence-electron chi connectivity index (χ2n) is 5.82. The van der Waals surface area contributed by atoms with Gasteiger partial charge >= 0.3 is 5.97 Å². The van der Waals surface area contributed by atoms with E-state index in [1.165, 1.54) is 0 Å². The number of furan rings is 1. The highest BCUT2D eigenvalue weighted by Gasteiger charge is 2.47. The van der Waals surface area contributed by atoms with E-state index in [0.717, 1.165) is 23.5 Å². The fraction of sp³-hybridized carbons (Fsp3) is 0.278. The van der Waals surface area contributed by atoms with Gasteiger partial charge in [-0.3, -0.25) is 4.79 Å². The molecule has 2 atom stereocenters. The predicted molar refractivity (Wildman–Crippen MR) is 85.6 cm³/mol. The van der Waals surface area contributed by atoms with Gasteiger partial charge in [-0.15, -0.1) is 0 Å². The monoisotopic (exact) mass is 340 g/mol. The quantitative estimate of drug-likeness (QED) is 0.637. The van der Waals surface area contributed by atoms with Crippen LogP contribution in [0.2, 0.25) is 0 Å². The number of benzene rings is 1. The summed E-state index contributed by atoms with van der Waals surface area (Å²) in [6.07, 6.45) is 2.35. The Morgan fingerprint density at radius 3 is 2.84 bits per heavy atom. The lowest BCUT2D eigenvalue weighted by Gasteiger charge is -2.00. The van der Waals surface area contributed by atoms with Gasteiger partial charge in [0.05, 0.1) is 19.3 Å². The van der Waals surface area contributed by atoms with Gasteiger partial charge in [0.2, 0.25) is 5.82 Å². The summed E-state index contributed by atoms with van der Waals surface area (Å²) in [7, 11) is 1.60. The number of esters is 1. The summed E-state index contributed by atoms with van der Waals surface area (Å²) >= 11 is 0. The summed E-state index contributed by atoms with van der Waals surface area (Å²) in [5.41, 5.74) is 0.769. The van der Waals surface area contributed by atoms with Gasteiger partial charge in [0.25, 0.3) is 5.89 Å². The van der Waals surface area contributed by atoms with Crippen LogP contribution < -0.4 is 4.74 Å². The van der Waals surface area contributed by atoms with Gasteiger partial charge in [-0.1, -0.05) is 5.16 Å². The van der Waals surface area contributed by atoms with Crippen molar-refractivity contribution in [3.8, 4) is 17.2 Å². The first-order chi connectivity index (χ1) is 12.2. The number of carbonyl (C=O) groups excluding carboxylic acids is 1. The van der Waals surface area contributed by atoms with Gasteiger partial charge in [0, 0.05) is 11.5 Å². The van der Waals surface area contributed by atoms with Gasteiger partial charge in [0.15, 0.2) is 6.61 Å². The topological polar surface area (TPSA) is 87.6 Å². The number of nitrogens with zero attached hydrogens (tertiary/aromatic N) is 2. The van der Waals surface area contributed by atoms with E-state index in [0.29, 0.717) is 11.7 Å². The van der Waals surface area contributed by atoms with Gasteiger partial charge < -0.3 is 18.4 Å². The molecule has 0 bridgehead atoms. The molecule has 1 saturated carbocycles. The first-order valence-corrected chi connectivity index (χ1v) is 7.91. The molecule has 7 heteroatoms. The number of aromatic nitrogens is 2. The van der Waals surface area contributed by atoms with Crippen molar-refractivity contribution in [2.24, 2.45) is 5.92 Å². The molecule has 4 rings (SSSR count). The van der Waals surface area contributed by atoms with Crippen LogP contribution in [-0.2, 0) is 16.1 Å². The van der Waals surface area contributed by atoms with E-state index >= 15 is 0 Å². The molecule has 2 heterocycles. The summed E-state index contributed by atoms with van der Waals surface area (Å²) in [6, 6.07) is 10.9. The Bertz CT molecular complexity index is 854. The fourth-order valence-electron chi connectivity index (χ4n) is 2.68. The molecular weight excluding hydrogens is 324 g/mol. The van der Waals surface area contributed by atoms with Crippen LogP contribution in [0.25, 0.3) is 11.5 Å². The summed E-state index contributed by atoms with van der Waals surface area (Å²) in [5, 5.41) is 3.84. The molecule has 2 aromatic heterocycles. The number of methoxy groups -OCH3 is 1. The third-order valence-corrected chi connectivity index (χ3v) is 4.15. The smallest absolute Gasteiger partial charge is 0.310 e. The van der Waals surface area contributed by atoms with Crippen LogP contribution in [0.5, 0.6) is 5.75 Å². The number of rotatable bonds is 6. The minimum atomic E-state index is -0.266. The third-order valence-electron chi connectivity index (χ3n) is 4.15. The van der Waals surface area contributed by atoms with Crippen molar-refractivity contribution in [3.05, 3.63) is 54.2 Å². The van der Waals surface area contributed by atoms with Crippen LogP contribution in [0.1, 0.15) is 23.9 Å². The lowest BCUT2D eigenvalue weighted by atomic mass is 10.2. The highest BCUT2D eigenvalue weighted by atomic mass is 16.5. The van der Waals surface area contributed by atoms with Gasteiger partial charge in [-0.25, -0.2) is 0 Å². The lowest BCUT2D eigenvalue weighted by molar-refractivity contribution is -0.147. The fourth-order valence-corrected chi connectivity index (χ4v) is 2.68. The summed E-state index contributed by atoms with van der Waals surface area (Å²) in [5.74, 6) is 1.96. The molecule has 25 heavy (non-hydrogen) atoms. The van der Waals surface area contributed by atoms with Crippen molar-refractivity contribution in [2.45, 2.75) is 18.9 Å². The molecule has 7 nitrogen and oxygen atoms in total. The number of hydrogen-bond donors (Lipinski definition) is 0. The van der Waals surface area contributed by atoms with Crippen LogP contribution in [0.3, 0.4) is 0 Å². The van der Waals surface area contributed by atoms with E-state index in [9.17, 15) is 4.79 Å². The molecule has 0 spiro atoms. The van der Waals surface area contributed by atoms with Crippen LogP contribution in [-0.4, -0.2) is 23.2 Å². The zero-order valence-electron chi connectivity index (χ0n) is 13.5. The second-order valence-corrected chi connectivity index (χ2v) is 5.82. The molecule has 1 aromatic carbocycles. The average Bonchev–Trinajstić information content (AvgIpc) is 3.06. The molecule has 0 unspecified atom stereocenters. The normalized spacial score (nSPS) is 18.8. The molecule has 0 amide bonds. The molecule has 0 aliphatic heterocycles. The zero-order chi connectivity index (χ0) is 17.2. The maximum atomic E-state index is 12.1. The maximum Gasteiger partial charge on any atom is 0.310 e. The molecule has 1 fully saturated rings. The highest BCUT2D eigenvalue weighted by molar-refractivity contribution is 5.77. The minimum Gasteiger partial charge on any atom is -0.497 e. The Hall–Kier alpha value is -3.09. The van der Waals surface area contributed by atoms with E-state index in [4.69, 9.17) is 18.4 Å². The van der Waals surface area contributed by atoms with E-state index in [1.54, 1.807) is 25.5 Å². The molecule has 0 N–H and O–H groups in total. The van der Waals surface area contributed by atoms with Crippen molar-refractivity contribution in [1.82, 2.24) is 10.1 Å². The van der Waals surface area contributed by atoms with Gasteiger partial charge in [-0.2, -0.15) is 4.98 Å². The van der Waals surface area contributed by atoms with Crippen molar-refractivity contribution in [1.29, 1.82) is 0 Å². The summed E-state index contributed by atoms with van der Waals surface area (Å²) in [4.78, 5) is 16.3. The largest absolute Gasteiger partial charge is 0.497 e. The molecule has 0 saturated heterocycles. The van der Waals surface area contributed by atoms with Crippen LogP contribution >= 0.6 is 0 Å². The molecule has 128 valence electrons. The standard InChI is InChI=1S/C18H16N2O5/c1-22-12-6-4-11(5-7-12)17-19-16(20-25-17)10-24-18(21)14-9-13(14)15-3-2-8-23-15/h2-8,13-14H,9-10H2,1H3/t13-,14+/m1/s1. The second kappa shape index (κ2) is 6.43. The van der Waals surface area contributed by atoms with Crippen LogP contribution in [0.15, 0.2) is 51.6 Å². The maximum absolute atomic E-state index is 12.1. The van der Waals surface area contributed by atoms with Gasteiger partial charge in [0.1, 0.15) is 11.5 Å². The molecular formula is C18H16N2O5. The number of carbonyl (C=O) groups is 1. The van der Waals surface area contributed by atoms with Crippen LogP contribution in [0, 0.1) is 5.92 Å². The lowest BCUT2D eigenvalue weighted by Crippen LogP contribution is -2.08. The molecule has 1 aliphatic rings. The first-order valence-electron chi connectivity index (χ1n) is 7.91.